The molecule has 4 aromatic carbocycles. The first-order valence-electron chi connectivity index (χ1n) is 16.4. The average Bonchev–Trinajstić information content (AvgIpc) is 3.24. The maximum atomic E-state index is 13.2. The normalized spacial score (nSPS) is 12.1. The van der Waals surface area contributed by atoms with E-state index in [9.17, 15) is 59.5 Å². The number of hydrogen-bond donors (Lipinski definition) is 0. The van der Waals surface area contributed by atoms with Gasteiger partial charge < -0.3 is 14.3 Å². The van der Waals surface area contributed by atoms with E-state index in [0.717, 1.165) is 19.2 Å². The van der Waals surface area contributed by atoms with Crippen molar-refractivity contribution in [2.45, 2.75) is 18.8 Å². The highest BCUT2D eigenvalue weighted by Gasteiger charge is 2.40. The number of esters is 2. The quantitative estimate of drug-likeness (QED) is 0.0959. The summed E-state index contributed by atoms with van der Waals surface area (Å²) < 4.78 is 8.79. The minimum atomic E-state index is -1.32. The molecule has 2 aliphatic rings. The van der Waals surface area contributed by atoms with Crippen LogP contribution in [-0.4, -0.2) is 71.8 Å². The lowest BCUT2D eigenvalue weighted by molar-refractivity contribution is -0.385. The molecule has 0 bridgehead atoms. The van der Waals surface area contributed by atoms with E-state index in [1.165, 1.54) is 55.6 Å². The molecule has 2 atom stereocenters. The molecule has 0 radical (unpaired) electrons. The van der Waals surface area contributed by atoms with Crippen molar-refractivity contribution in [3.05, 3.63) is 160 Å². The Morgan fingerprint density at radius 3 is 1.39 bits per heavy atom. The largest absolute Gasteiger partial charge is 0.468 e. The Morgan fingerprint density at radius 1 is 0.678 bits per heavy atom. The lowest BCUT2D eigenvalue weighted by Gasteiger charge is -2.23. The first kappa shape index (κ1) is 44.5. The molecular formula is C40H25N5O14. The van der Waals surface area contributed by atoms with Gasteiger partial charge in [-0.15, -0.1) is 0 Å². The highest BCUT2D eigenvalue weighted by atomic mass is 16.6. The molecule has 0 saturated carbocycles. The number of benzene rings is 4. The molecule has 4 aromatic rings. The van der Waals surface area contributed by atoms with Crippen molar-refractivity contribution < 1.29 is 57.7 Å². The molecule has 0 saturated heterocycles. The summed E-state index contributed by atoms with van der Waals surface area (Å²) in [5.41, 5.74) is -0.882. The second kappa shape index (κ2) is 19.7. The van der Waals surface area contributed by atoms with Gasteiger partial charge in [0.05, 0.1) is 42.1 Å². The number of nitro benzene ring substituents is 2. The van der Waals surface area contributed by atoms with Gasteiger partial charge in [-0.3, -0.25) is 44.2 Å². The van der Waals surface area contributed by atoms with E-state index in [1.54, 1.807) is 19.1 Å². The number of ether oxygens (including phenoxy) is 2. The Morgan fingerprint density at radius 2 is 1.05 bits per heavy atom. The van der Waals surface area contributed by atoms with Crippen LogP contribution in [0.2, 0.25) is 0 Å². The van der Waals surface area contributed by atoms with Gasteiger partial charge in [0.25, 0.3) is 11.4 Å². The van der Waals surface area contributed by atoms with E-state index in [0.29, 0.717) is 5.56 Å². The van der Waals surface area contributed by atoms with E-state index >= 15 is 0 Å². The van der Waals surface area contributed by atoms with Crippen LogP contribution in [0.5, 0.6) is 0 Å². The first-order valence-corrected chi connectivity index (χ1v) is 16.4. The number of methoxy groups -OCH3 is 2. The third kappa shape index (κ3) is 9.01. The zero-order chi connectivity index (χ0) is 44.1. The maximum absolute atomic E-state index is 13.2. The molecule has 294 valence electrons. The van der Waals surface area contributed by atoms with Gasteiger partial charge in [-0.05, 0) is 30.2 Å². The fourth-order valence-corrected chi connectivity index (χ4v) is 5.97. The molecule has 0 aliphatic heterocycles. The number of nitrogens with zero attached hydrogens (tertiary/aromatic N) is 5. The second-order valence-electron chi connectivity index (χ2n) is 11.7. The number of carbonyl (C=O) groups is 6. The molecule has 59 heavy (non-hydrogen) atoms. The fraction of sp³-hybridized carbons (Fsp3) is 0.150. The predicted octanol–water partition coefficient (Wildman–Crippen LogP) is 4.64. The van der Waals surface area contributed by atoms with E-state index in [2.05, 4.69) is 20.4 Å². The van der Waals surface area contributed by atoms with Crippen LogP contribution < -0.4 is 0 Å². The van der Waals surface area contributed by atoms with Gasteiger partial charge >= 0.3 is 24.6 Å². The Labute approximate surface area is 332 Å². The van der Waals surface area contributed by atoms with Crippen LogP contribution in [0, 0.1) is 49.5 Å². The fourth-order valence-electron chi connectivity index (χ4n) is 5.97. The lowest BCUT2D eigenvalue weighted by Crippen LogP contribution is -2.26. The zero-order valence-electron chi connectivity index (χ0n) is 30.7. The van der Waals surface area contributed by atoms with Crippen LogP contribution in [-0.2, 0) is 28.7 Å². The third-order valence-corrected chi connectivity index (χ3v) is 8.53. The van der Waals surface area contributed by atoms with Gasteiger partial charge in [0.1, 0.15) is 11.1 Å². The monoisotopic (exact) mass is 799 g/mol. The molecular weight excluding hydrogens is 774 g/mol. The standard InChI is InChI=1S/C21H14N2O4.C14H6N2O6.C4H5NO2.CO2/c1-11(9-22)12-5-3-7-14-17(12)19(24)15-8-4-6-13(18(15)20(14)25)16(10-23)21(26)27-2;17-13-7-3-1-5-9(15(19)20)11(7)14(18)8-4-2-6-10(12(8)13)16(21)22;1-5-3-4(6)7-2;2-1-3/h3-8,11,16H,1-2H3;1-6H;3H2,2H3;. The second-order valence-corrected chi connectivity index (χ2v) is 11.7. The summed E-state index contributed by atoms with van der Waals surface area (Å²) in [6.45, 7) is 7.65. The molecule has 0 N–H and O–H groups in total. The SMILES string of the molecule is COC(=O)C(C#N)c1cccc2c1C(=O)c1cccc(C(C)C#N)c1C2=O.O=C1c2cccc([N+](=O)[O-])c2C(=O)c2cccc([N+](=O)[O-])c21.O=C=O.[C-]#[N+]CC(=O)OC. The Kier molecular flexibility index (Phi) is 14.8. The van der Waals surface area contributed by atoms with Crippen molar-refractivity contribution >= 4 is 52.6 Å². The number of rotatable bonds is 6. The maximum Gasteiger partial charge on any atom is 0.386 e. The summed E-state index contributed by atoms with van der Waals surface area (Å²) in [5, 5.41) is 40.7. The molecule has 0 fully saturated rings. The minimum absolute atomic E-state index is 0.0358. The van der Waals surface area contributed by atoms with Crippen molar-refractivity contribution in [3.8, 4) is 12.1 Å². The van der Waals surface area contributed by atoms with Crippen LogP contribution in [0.15, 0.2) is 72.8 Å². The molecule has 0 aromatic heterocycles. The van der Waals surface area contributed by atoms with Crippen molar-refractivity contribution in [3.63, 3.8) is 0 Å². The average molecular weight is 800 g/mol. The summed E-state index contributed by atoms with van der Waals surface area (Å²) in [6.07, 6.45) is 0.250. The number of ketones is 4. The van der Waals surface area contributed by atoms with Crippen LogP contribution in [0.3, 0.4) is 0 Å². The van der Waals surface area contributed by atoms with Gasteiger partial charge in [-0.2, -0.15) is 20.1 Å². The van der Waals surface area contributed by atoms with Gasteiger partial charge in [0, 0.05) is 45.5 Å². The molecule has 19 heteroatoms. The van der Waals surface area contributed by atoms with Crippen molar-refractivity contribution in [2.24, 2.45) is 0 Å². The number of hydrogen-bond acceptors (Lipinski definition) is 16. The Hall–Kier alpha value is -8.85. The number of carbonyl (C=O) groups excluding carboxylic acids is 8. The first-order chi connectivity index (χ1) is 28.1. The van der Waals surface area contributed by atoms with Crippen molar-refractivity contribution in [1.29, 1.82) is 10.5 Å². The summed E-state index contributed by atoms with van der Waals surface area (Å²) in [5.74, 6) is -5.54. The highest BCUT2D eigenvalue weighted by Crippen LogP contribution is 2.38. The molecule has 2 aliphatic carbocycles. The molecule has 0 amide bonds. The van der Waals surface area contributed by atoms with Gasteiger partial charge in [-0.25, -0.2) is 11.4 Å². The van der Waals surface area contributed by atoms with Crippen molar-refractivity contribution in [1.82, 2.24) is 0 Å². The summed E-state index contributed by atoms with van der Waals surface area (Å²) in [7, 11) is 2.41. The Bertz CT molecular complexity index is 2550. The van der Waals surface area contributed by atoms with Gasteiger partial charge in [0.2, 0.25) is 11.6 Å². The number of nitriles is 2. The molecule has 19 nitrogen and oxygen atoms in total. The number of nitro groups is 2. The predicted molar refractivity (Wildman–Crippen MR) is 196 cm³/mol. The van der Waals surface area contributed by atoms with Gasteiger partial charge in [-0.1, -0.05) is 48.5 Å². The van der Waals surface area contributed by atoms with E-state index < -0.39 is 68.1 Å². The molecule has 6 rings (SSSR count). The van der Waals surface area contributed by atoms with Gasteiger partial charge in [0.15, 0.2) is 17.5 Å². The van der Waals surface area contributed by atoms with Crippen molar-refractivity contribution in [2.75, 3.05) is 20.8 Å². The van der Waals surface area contributed by atoms with E-state index in [4.69, 9.17) is 16.2 Å². The topological polar surface area (TPSA) is 293 Å². The summed E-state index contributed by atoms with van der Waals surface area (Å²) in [6, 6.07) is 20.5. The highest BCUT2D eigenvalue weighted by molar-refractivity contribution is 6.31. The zero-order valence-corrected chi connectivity index (χ0v) is 30.7. The van der Waals surface area contributed by atoms with E-state index in [-0.39, 0.29) is 62.8 Å². The lowest BCUT2D eigenvalue weighted by atomic mass is 9.76. The Balaban J connectivity index is 0.000000260. The van der Waals surface area contributed by atoms with Crippen LogP contribution >= 0.6 is 0 Å². The van der Waals surface area contributed by atoms with Crippen LogP contribution in [0.1, 0.15) is 93.6 Å². The molecule has 0 spiro atoms. The molecule has 0 heterocycles. The van der Waals surface area contributed by atoms with Crippen LogP contribution in [0.4, 0.5) is 11.4 Å². The van der Waals surface area contributed by atoms with E-state index in [1.807, 2.05) is 6.07 Å². The molecule has 2 unspecified atom stereocenters. The summed E-state index contributed by atoms with van der Waals surface area (Å²) >= 11 is 0. The van der Waals surface area contributed by atoms with Crippen LogP contribution in [0.25, 0.3) is 4.85 Å². The minimum Gasteiger partial charge on any atom is -0.468 e. The number of fused-ring (bicyclic) bond motifs is 4. The third-order valence-electron chi connectivity index (χ3n) is 8.53. The summed E-state index contributed by atoms with van der Waals surface area (Å²) in [4.78, 5) is 113. The smallest absolute Gasteiger partial charge is 0.386 e.